The molecule has 0 saturated heterocycles. The third-order valence-corrected chi connectivity index (χ3v) is 7.78. The molecule has 0 radical (unpaired) electrons. The van der Waals surface area contributed by atoms with E-state index in [4.69, 9.17) is 0 Å². The van der Waals surface area contributed by atoms with Gasteiger partial charge in [-0.05, 0) is 61.9 Å². The Morgan fingerprint density at radius 1 is 1.21 bits per heavy atom. The smallest absolute Gasteiger partial charge is 0.383 e. The lowest BCUT2D eigenvalue weighted by Gasteiger charge is -2.34. The van der Waals surface area contributed by atoms with Crippen LogP contribution in [0.1, 0.15) is 47.6 Å². The largest absolute Gasteiger partial charge is 0.433 e. The van der Waals surface area contributed by atoms with Crippen molar-refractivity contribution in [1.29, 1.82) is 0 Å². The van der Waals surface area contributed by atoms with E-state index in [0.717, 1.165) is 28.3 Å². The first-order valence-corrected chi connectivity index (χ1v) is 13.1. The lowest BCUT2D eigenvalue weighted by atomic mass is 9.82. The molecule has 0 unspecified atom stereocenters. The van der Waals surface area contributed by atoms with Crippen LogP contribution in [0, 0.1) is 6.92 Å². The molecule has 1 fully saturated rings. The molecule has 0 spiro atoms. The van der Waals surface area contributed by atoms with Crippen LogP contribution in [0.25, 0.3) is 10.4 Å². The van der Waals surface area contributed by atoms with Crippen LogP contribution in [0.2, 0.25) is 0 Å². The average Bonchev–Trinajstić information content (AvgIpc) is 3.58. The molecule has 1 saturated carbocycles. The van der Waals surface area contributed by atoms with Crippen LogP contribution in [-0.4, -0.2) is 42.0 Å². The minimum atomic E-state index is -4.57. The Morgan fingerprint density at radius 2 is 2.00 bits per heavy atom. The fourth-order valence-corrected chi connectivity index (χ4v) is 5.66. The zero-order chi connectivity index (χ0) is 27.6. The molecule has 13 heteroatoms. The van der Waals surface area contributed by atoms with E-state index in [0.29, 0.717) is 42.1 Å². The van der Waals surface area contributed by atoms with Crippen LogP contribution in [-0.2, 0) is 23.0 Å². The number of alkyl halides is 3. The first-order chi connectivity index (χ1) is 18.6. The maximum Gasteiger partial charge on any atom is 0.433 e. The molecule has 1 aliphatic carbocycles. The predicted molar refractivity (Wildman–Crippen MR) is 139 cm³/mol. The number of imidazole rings is 1. The van der Waals surface area contributed by atoms with Crippen LogP contribution in [0.3, 0.4) is 0 Å². The van der Waals surface area contributed by atoms with Crippen LogP contribution in [0.4, 0.5) is 24.8 Å². The number of anilines is 2. The maximum atomic E-state index is 13.0. The molecule has 0 bridgehead atoms. The third kappa shape index (κ3) is 6.42. The number of aromatic nitrogens is 5. The molecule has 39 heavy (non-hydrogen) atoms. The van der Waals surface area contributed by atoms with Crippen LogP contribution >= 0.6 is 11.3 Å². The summed E-state index contributed by atoms with van der Waals surface area (Å²) in [5.41, 5.74) is 0.762. The molecule has 204 valence electrons. The zero-order valence-corrected chi connectivity index (χ0v) is 21.7. The molecular formula is C26H26F3N7O2S. The quantitative estimate of drug-likeness (QED) is 0.255. The SMILES string of the molecule is Cc1cc(Nc2nccc(C(F)(F)F)n2)cc(-c2cnc([C@]3(O)CC[C@H](NC(=O)Cc4c[nH]cn4)CC3)s2)c1. The summed E-state index contributed by atoms with van der Waals surface area (Å²) >= 11 is 1.37. The van der Waals surface area contributed by atoms with Gasteiger partial charge in [-0.2, -0.15) is 13.2 Å². The summed E-state index contributed by atoms with van der Waals surface area (Å²) in [4.78, 5) is 32.0. The molecule has 1 aromatic carbocycles. The summed E-state index contributed by atoms with van der Waals surface area (Å²) in [5, 5.41) is 17.8. The number of nitrogens with one attached hydrogen (secondary N) is 3. The highest BCUT2D eigenvalue weighted by Gasteiger charge is 2.38. The summed E-state index contributed by atoms with van der Waals surface area (Å²) in [6.45, 7) is 1.87. The standard InChI is InChI=1S/C26H26F3N7O2S/c1-15-8-16(10-18(9-15)35-24-31-7-4-21(36-24)26(27,28)29)20-13-32-23(39-20)25(38)5-2-17(3-6-25)34-22(37)11-19-12-30-14-33-19/h4,7-10,12-14,17,38H,2-3,5-6,11H2,1H3,(H,30,33)(H,34,37)(H,31,35,36)/t17-,25-. The molecule has 0 atom stereocenters. The van der Waals surface area contributed by atoms with Gasteiger partial charge >= 0.3 is 6.18 Å². The van der Waals surface area contributed by atoms with Crippen molar-refractivity contribution in [3.05, 3.63) is 71.1 Å². The molecule has 9 nitrogen and oxygen atoms in total. The number of amides is 1. The Hall–Kier alpha value is -3.84. The van der Waals surface area contributed by atoms with Crippen LogP contribution < -0.4 is 10.6 Å². The minimum Gasteiger partial charge on any atom is -0.383 e. The zero-order valence-electron chi connectivity index (χ0n) is 20.9. The summed E-state index contributed by atoms with van der Waals surface area (Å²) in [6, 6.07) is 6.29. The number of benzene rings is 1. The van der Waals surface area contributed by atoms with E-state index >= 15 is 0 Å². The normalized spacial score (nSPS) is 19.6. The van der Waals surface area contributed by atoms with Crippen LogP contribution in [0.15, 0.2) is 49.2 Å². The molecule has 4 aromatic rings. The monoisotopic (exact) mass is 557 g/mol. The molecule has 4 N–H and O–H groups in total. The Morgan fingerprint density at radius 3 is 2.72 bits per heavy atom. The minimum absolute atomic E-state index is 0.0281. The van der Waals surface area contributed by atoms with E-state index in [1.807, 2.05) is 13.0 Å². The highest BCUT2D eigenvalue weighted by Crippen LogP contribution is 2.41. The first kappa shape index (κ1) is 26.8. The summed E-state index contributed by atoms with van der Waals surface area (Å²) in [5.74, 6) is -0.262. The fourth-order valence-electron chi connectivity index (χ4n) is 4.61. The second-order valence-electron chi connectivity index (χ2n) is 9.62. The third-order valence-electron chi connectivity index (χ3n) is 6.54. The number of aromatic amines is 1. The number of thiazole rings is 1. The van der Waals surface area contributed by atoms with E-state index in [-0.39, 0.29) is 24.3 Å². The number of nitrogens with zero attached hydrogens (tertiary/aromatic N) is 4. The Balaban J connectivity index is 1.25. The van der Waals surface area contributed by atoms with Crippen molar-refractivity contribution >= 4 is 28.9 Å². The van der Waals surface area contributed by atoms with Crippen molar-refractivity contribution in [2.45, 2.75) is 56.8 Å². The van der Waals surface area contributed by atoms with Gasteiger partial charge in [0, 0.05) is 30.3 Å². The number of aliphatic hydroxyl groups is 1. The van der Waals surface area contributed by atoms with Gasteiger partial charge in [0.05, 0.1) is 23.3 Å². The van der Waals surface area contributed by atoms with Crippen molar-refractivity contribution in [2.24, 2.45) is 0 Å². The second-order valence-corrected chi connectivity index (χ2v) is 10.6. The number of rotatable bonds is 7. The van der Waals surface area contributed by atoms with Gasteiger partial charge < -0.3 is 20.7 Å². The summed E-state index contributed by atoms with van der Waals surface area (Å²) in [7, 11) is 0. The van der Waals surface area contributed by atoms with Crippen molar-refractivity contribution in [3.63, 3.8) is 0 Å². The molecule has 1 amide bonds. The highest BCUT2D eigenvalue weighted by molar-refractivity contribution is 7.15. The predicted octanol–water partition coefficient (Wildman–Crippen LogP) is 4.88. The lowest BCUT2D eigenvalue weighted by molar-refractivity contribution is -0.141. The van der Waals surface area contributed by atoms with E-state index in [1.165, 1.54) is 17.7 Å². The van der Waals surface area contributed by atoms with Gasteiger partial charge in [0.25, 0.3) is 0 Å². The molecule has 1 aliphatic rings. The van der Waals surface area contributed by atoms with Gasteiger partial charge in [-0.15, -0.1) is 11.3 Å². The van der Waals surface area contributed by atoms with Gasteiger partial charge in [-0.1, -0.05) is 6.07 Å². The topological polar surface area (TPSA) is 129 Å². The Kier molecular flexibility index (Phi) is 7.36. The molecule has 0 aliphatic heterocycles. The first-order valence-electron chi connectivity index (χ1n) is 12.3. The lowest BCUT2D eigenvalue weighted by Crippen LogP contribution is -2.42. The number of carbonyl (C=O) groups excluding carboxylic acids is 1. The number of aryl methyl sites for hydroxylation is 1. The van der Waals surface area contributed by atoms with Crippen molar-refractivity contribution in [2.75, 3.05) is 5.32 Å². The molecular weight excluding hydrogens is 531 g/mol. The highest BCUT2D eigenvalue weighted by atomic mass is 32.1. The van der Waals surface area contributed by atoms with E-state index in [2.05, 4.69) is 35.6 Å². The van der Waals surface area contributed by atoms with Crippen molar-refractivity contribution < 1.29 is 23.1 Å². The van der Waals surface area contributed by atoms with Gasteiger partial charge in [-0.3, -0.25) is 4.79 Å². The summed E-state index contributed by atoms with van der Waals surface area (Å²) < 4.78 is 39.1. The van der Waals surface area contributed by atoms with Gasteiger partial charge in [0.1, 0.15) is 16.3 Å². The maximum absolute atomic E-state index is 13.0. The number of hydrogen-bond acceptors (Lipinski definition) is 8. The number of halogens is 3. The Bertz CT molecular complexity index is 1450. The number of carbonyl (C=O) groups is 1. The van der Waals surface area contributed by atoms with Gasteiger partial charge in [0.15, 0.2) is 0 Å². The van der Waals surface area contributed by atoms with Gasteiger partial charge in [-0.25, -0.2) is 19.9 Å². The molecule has 5 rings (SSSR count). The number of hydrogen-bond donors (Lipinski definition) is 4. The fraction of sp³-hybridized carbons (Fsp3) is 0.346. The van der Waals surface area contributed by atoms with Crippen molar-refractivity contribution in [1.82, 2.24) is 30.2 Å². The van der Waals surface area contributed by atoms with Gasteiger partial charge in [0.2, 0.25) is 11.9 Å². The molecule has 3 aromatic heterocycles. The van der Waals surface area contributed by atoms with Crippen LogP contribution in [0.5, 0.6) is 0 Å². The number of H-pyrrole nitrogens is 1. The van der Waals surface area contributed by atoms with Crippen molar-refractivity contribution in [3.8, 4) is 10.4 Å². The summed E-state index contributed by atoms with van der Waals surface area (Å²) in [6.07, 6.45) is 3.76. The second kappa shape index (κ2) is 10.7. The van der Waals surface area contributed by atoms with E-state index in [1.54, 1.807) is 24.5 Å². The van der Waals surface area contributed by atoms with E-state index < -0.39 is 17.5 Å². The van der Waals surface area contributed by atoms with E-state index in [9.17, 15) is 23.1 Å². The average molecular weight is 558 g/mol. The molecule has 3 heterocycles. The Labute approximate surface area is 226 Å².